The molecule has 7 heteroatoms. The van der Waals surface area contributed by atoms with Gasteiger partial charge in [-0.25, -0.2) is 0 Å². The molecule has 0 aliphatic heterocycles. The van der Waals surface area contributed by atoms with Crippen LogP contribution in [-0.4, -0.2) is 50.7 Å². The summed E-state index contributed by atoms with van der Waals surface area (Å²) in [7, 11) is 1.81. The van der Waals surface area contributed by atoms with Gasteiger partial charge in [0, 0.05) is 26.7 Å². The van der Waals surface area contributed by atoms with Crippen molar-refractivity contribution in [2.24, 2.45) is 4.99 Å². The fourth-order valence-corrected chi connectivity index (χ4v) is 3.66. The second-order valence-corrected chi connectivity index (χ2v) is 6.94. The van der Waals surface area contributed by atoms with Crippen LogP contribution in [0.15, 0.2) is 44.6 Å². The Balaban J connectivity index is 1.70. The molecule has 1 atom stereocenters. The van der Waals surface area contributed by atoms with Crippen LogP contribution < -0.4 is 10.6 Å². The summed E-state index contributed by atoms with van der Waals surface area (Å²) in [5.41, 5.74) is 1.36. The van der Waals surface area contributed by atoms with Gasteiger partial charge in [-0.05, 0) is 54.0 Å². The summed E-state index contributed by atoms with van der Waals surface area (Å²) >= 11 is 1.75. The third-order valence-electron chi connectivity index (χ3n) is 4.45. The van der Waals surface area contributed by atoms with Crippen LogP contribution in [0.3, 0.4) is 0 Å². The van der Waals surface area contributed by atoms with Crippen molar-refractivity contribution in [1.82, 2.24) is 15.5 Å². The molecule has 2 rings (SSSR count). The minimum Gasteiger partial charge on any atom is -0.467 e. The Morgan fingerprint density at radius 3 is 2.78 bits per heavy atom. The van der Waals surface area contributed by atoms with Gasteiger partial charge in [0.15, 0.2) is 5.96 Å². The van der Waals surface area contributed by atoms with Crippen LogP contribution in [0.4, 0.5) is 0 Å². The molecular weight excluding hydrogens is 360 g/mol. The summed E-state index contributed by atoms with van der Waals surface area (Å²) in [5, 5.41) is 11.2. The minimum atomic E-state index is 0.349. The molecule has 0 spiro atoms. The Kier molecular flexibility index (Phi) is 9.97. The molecule has 2 heterocycles. The Labute approximate surface area is 166 Å². The summed E-state index contributed by atoms with van der Waals surface area (Å²) in [5.74, 6) is 1.68. The first-order valence-electron chi connectivity index (χ1n) is 9.59. The van der Waals surface area contributed by atoms with Crippen molar-refractivity contribution in [3.8, 4) is 0 Å². The number of hydrogen-bond donors (Lipinski definition) is 2. The smallest absolute Gasteiger partial charge is 0.191 e. The molecule has 0 saturated carbocycles. The summed E-state index contributed by atoms with van der Waals surface area (Å²) in [4.78, 5) is 6.80. The van der Waals surface area contributed by atoms with Crippen LogP contribution in [-0.2, 0) is 11.3 Å². The highest BCUT2D eigenvalue weighted by Gasteiger charge is 2.18. The summed E-state index contributed by atoms with van der Waals surface area (Å²) in [6.07, 6.45) is 2.57. The average Bonchev–Trinajstić information content (AvgIpc) is 3.40. The van der Waals surface area contributed by atoms with E-state index in [0.717, 1.165) is 44.3 Å². The van der Waals surface area contributed by atoms with E-state index in [1.807, 2.05) is 12.1 Å². The second-order valence-electron chi connectivity index (χ2n) is 6.16. The Hall–Kier alpha value is -1.83. The first-order valence-corrected chi connectivity index (χ1v) is 10.5. The van der Waals surface area contributed by atoms with Crippen molar-refractivity contribution in [3.63, 3.8) is 0 Å². The molecule has 2 aromatic heterocycles. The number of nitrogens with one attached hydrogen (secondary N) is 2. The lowest BCUT2D eigenvalue weighted by molar-refractivity contribution is 0.105. The Morgan fingerprint density at radius 2 is 2.15 bits per heavy atom. The van der Waals surface area contributed by atoms with Gasteiger partial charge in [-0.15, -0.1) is 0 Å². The largest absolute Gasteiger partial charge is 0.467 e. The zero-order chi connectivity index (χ0) is 19.3. The molecule has 0 aliphatic carbocycles. The van der Waals surface area contributed by atoms with E-state index in [0.29, 0.717) is 19.3 Å². The molecule has 2 N–H and O–H groups in total. The maximum Gasteiger partial charge on any atom is 0.191 e. The molecule has 1 unspecified atom stereocenters. The Bertz CT molecular complexity index is 624. The highest BCUT2D eigenvalue weighted by atomic mass is 32.1. The number of rotatable bonds is 12. The SMILES string of the molecule is CCN(CC)C(CNC(=NC)NCCCOCc1ccco1)c1ccsc1. The summed E-state index contributed by atoms with van der Waals surface area (Å²) < 4.78 is 10.8. The lowest BCUT2D eigenvalue weighted by atomic mass is 10.1. The molecule has 0 bridgehead atoms. The molecule has 2 aromatic rings. The number of furan rings is 1. The van der Waals surface area contributed by atoms with Crippen molar-refractivity contribution in [3.05, 3.63) is 46.5 Å². The molecule has 0 amide bonds. The fourth-order valence-electron chi connectivity index (χ4n) is 2.95. The zero-order valence-corrected chi connectivity index (χ0v) is 17.4. The van der Waals surface area contributed by atoms with Gasteiger partial charge in [0.05, 0.1) is 12.3 Å². The number of nitrogens with zero attached hydrogens (tertiary/aromatic N) is 2. The summed E-state index contributed by atoms with van der Waals surface area (Å²) in [6, 6.07) is 6.35. The fraction of sp³-hybridized carbons (Fsp3) is 0.550. The van der Waals surface area contributed by atoms with Gasteiger partial charge in [-0.1, -0.05) is 13.8 Å². The maximum absolute atomic E-state index is 5.60. The number of thiophene rings is 1. The molecule has 0 aliphatic rings. The highest BCUT2D eigenvalue weighted by Crippen LogP contribution is 2.22. The third-order valence-corrected chi connectivity index (χ3v) is 5.15. The first-order chi connectivity index (χ1) is 13.3. The number of aliphatic imine (C=N–C) groups is 1. The van der Waals surface area contributed by atoms with E-state index < -0.39 is 0 Å². The first kappa shape index (κ1) is 21.5. The normalized spacial score (nSPS) is 13.1. The van der Waals surface area contributed by atoms with E-state index in [4.69, 9.17) is 9.15 Å². The number of hydrogen-bond acceptors (Lipinski definition) is 5. The van der Waals surface area contributed by atoms with Crippen LogP contribution >= 0.6 is 11.3 Å². The molecule has 27 heavy (non-hydrogen) atoms. The quantitative estimate of drug-likeness (QED) is 0.329. The molecule has 0 aromatic carbocycles. The van der Waals surface area contributed by atoms with Crippen LogP contribution in [0.2, 0.25) is 0 Å². The maximum atomic E-state index is 5.60. The average molecular weight is 393 g/mol. The van der Waals surface area contributed by atoms with Gasteiger partial charge < -0.3 is 19.8 Å². The van der Waals surface area contributed by atoms with Gasteiger partial charge in [0.2, 0.25) is 0 Å². The minimum absolute atomic E-state index is 0.349. The van der Waals surface area contributed by atoms with Crippen LogP contribution in [0.1, 0.15) is 37.6 Å². The van der Waals surface area contributed by atoms with Crippen molar-refractivity contribution in [1.29, 1.82) is 0 Å². The Morgan fingerprint density at radius 1 is 1.30 bits per heavy atom. The standard InChI is InChI=1S/C20H32N4O2S/c1-4-24(5-2)19(17-9-13-27-16-17)14-23-20(21-3)22-10-7-11-25-15-18-8-6-12-26-18/h6,8-9,12-13,16,19H,4-5,7,10-11,14-15H2,1-3H3,(H2,21,22,23). The summed E-state index contributed by atoms with van der Waals surface area (Å²) in [6.45, 7) is 9.31. The van der Waals surface area contributed by atoms with E-state index in [-0.39, 0.29) is 0 Å². The predicted molar refractivity (Wildman–Crippen MR) is 112 cm³/mol. The van der Waals surface area contributed by atoms with E-state index in [1.165, 1.54) is 5.56 Å². The topological polar surface area (TPSA) is 62.0 Å². The second kappa shape index (κ2) is 12.5. The number of ether oxygens (including phenoxy) is 1. The van der Waals surface area contributed by atoms with Crippen LogP contribution in [0.25, 0.3) is 0 Å². The molecule has 0 radical (unpaired) electrons. The van der Waals surface area contributed by atoms with E-state index >= 15 is 0 Å². The molecule has 0 fully saturated rings. The molecule has 0 saturated heterocycles. The molecule has 6 nitrogen and oxygen atoms in total. The number of likely N-dealkylation sites (N-methyl/N-ethyl adjacent to an activating group) is 1. The van der Waals surface area contributed by atoms with Gasteiger partial charge >= 0.3 is 0 Å². The van der Waals surface area contributed by atoms with E-state index in [1.54, 1.807) is 24.6 Å². The van der Waals surface area contributed by atoms with Gasteiger partial charge in [-0.2, -0.15) is 11.3 Å². The molecular formula is C20H32N4O2S. The van der Waals surface area contributed by atoms with Crippen molar-refractivity contribution in [2.45, 2.75) is 32.9 Å². The van der Waals surface area contributed by atoms with Gasteiger partial charge in [0.25, 0.3) is 0 Å². The van der Waals surface area contributed by atoms with E-state index in [9.17, 15) is 0 Å². The highest BCUT2D eigenvalue weighted by molar-refractivity contribution is 7.07. The predicted octanol–water partition coefficient (Wildman–Crippen LogP) is 3.50. The lowest BCUT2D eigenvalue weighted by Crippen LogP contribution is -2.43. The molecule has 150 valence electrons. The van der Waals surface area contributed by atoms with Crippen LogP contribution in [0.5, 0.6) is 0 Å². The van der Waals surface area contributed by atoms with Gasteiger partial charge in [-0.3, -0.25) is 9.89 Å². The zero-order valence-electron chi connectivity index (χ0n) is 16.6. The monoisotopic (exact) mass is 392 g/mol. The number of guanidine groups is 1. The van der Waals surface area contributed by atoms with E-state index in [2.05, 4.69) is 51.2 Å². The van der Waals surface area contributed by atoms with Gasteiger partial charge in [0.1, 0.15) is 12.4 Å². The van der Waals surface area contributed by atoms with Crippen molar-refractivity contribution < 1.29 is 9.15 Å². The van der Waals surface area contributed by atoms with Crippen molar-refractivity contribution in [2.75, 3.05) is 39.8 Å². The third kappa shape index (κ3) is 7.36. The lowest BCUT2D eigenvalue weighted by Gasteiger charge is -2.30. The van der Waals surface area contributed by atoms with Crippen molar-refractivity contribution >= 4 is 17.3 Å². The van der Waals surface area contributed by atoms with Crippen LogP contribution in [0, 0.1) is 0 Å².